The summed E-state index contributed by atoms with van der Waals surface area (Å²) in [5, 5.41) is 0. The first-order valence-corrected chi connectivity index (χ1v) is 3.80. The van der Waals surface area contributed by atoms with Gasteiger partial charge in [-0.15, -0.1) is 0 Å². The van der Waals surface area contributed by atoms with Gasteiger partial charge in [0.2, 0.25) is 0 Å². The van der Waals surface area contributed by atoms with Crippen LogP contribution < -0.4 is 11.3 Å². The van der Waals surface area contributed by atoms with Crippen LogP contribution in [-0.4, -0.2) is 6.18 Å². The molecule has 84 valence electrons. The smallest absolute Gasteiger partial charge is 0.324 e. The standard InChI is InChI=1S/C8H7F5N2/c9-7(10,8(11,12)13)5-2-1-3-6(4-5)15-14/h1-4,15H,14H2. The van der Waals surface area contributed by atoms with Crippen LogP contribution in [0, 0.1) is 0 Å². The van der Waals surface area contributed by atoms with Crippen molar-refractivity contribution in [3.8, 4) is 0 Å². The molecule has 0 aliphatic carbocycles. The van der Waals surface area contributed by atoms with E-state index in [1.165, 1.54) is 6.07 Å². The summed E-state index contributed by atoms with van der Waals surface area (Å²) >= 11 is 0. The van der Waals surface area contributed by atoms with Crippen LogP contribution >= 0.6 is 0 Å². The Morgan fingerprint density at radius 1 is 1.07 bits per heavy atom. The van der Waals surface area contributed by atoms with Gasteiger partial charge in [-0.1, -0.05) is 12.1 Å². The fourth-order valence-corrected chi connectivity index (χ4v) is 0.968. The number of hydrogen-bond donors (Lipinski definition) is 2. The van der Waals surface area contributed by atoms with Crippen molar-refractivity contribution in [3.05, 3.63) is 29.8 Å². The van der Waals surface area contributed by atoms with Gasteiger partial charge in [0.05, 0.1) is 0 Å². The van der Waals surface area contributed by atoms with Crippen LogP contribution in [0.3, 0.4) is 0 Å². The minimum absolute atomic E-state index is 0.0172. The Morgan fingerprint density at radius 2 is 1.67 bits per heavy atom. The summed E-state index contributed by atoms with van der Waals surface area (Å²) < 4.78 is 61.4. The van der Waals surface area contributed by atoms with Crippen molar-refractivity contribution in [2.75, 3.05) is 5.43 Å². The number of anilines is 1. The number of nitrogen functional groups attached to an aromatic ring is 1. The fourth-order valence-electron chi connectivity index (χ4n) is 0.968. The molecule has 0 saturated heterocycles. The van der Waals surface area contributed by atoms with Crippen molar-refractivity contribution in [1.82, 2.24) is 0 Å². The topological polar surface area (TPSA) is 38.0 Å². The molecule has 0 aliphatic heterocycles. The van der Waals surface area contributed by atoms with Gasteiger partial charge >= 0.3 is 12.1 Å². The highest BCUT2D eigenvalue weighted by Gasteiger charge is 2.58. The molecular weight excluding hydrogens is 219 g/mol. The average Bonchev–Trinajstić information content (AvgIpc) is 2.16. The van der Waals surface area contributed by atoms with Crippen LogP contribution in [0.2, 0.25) is 0 Å². The molecule has 1 aromatic rings. The summed E-state index contributed by atoms with van der Waals surface area (Å²) in [4.78, 5) is 0. The lowest BCUT2D eigenvalue weighted by atomic mass is 10.1. The lowest BCUT2D eigenvalue weighted by Gasteiger charge is -2.20. The maximum Gasteiger partial charge on any atom is 0.458 e. The lowest BCUT2D eigenvalue weighted by Crippen LogP contribution is -2.33. The Labute approximate surface area is 81.8 Å². The number of nitrogens with two attached hydrogens (primary N) is 1. The lowest BCUT2D eigenvalue weighted by molar-refractivity contribution is -0.289. The summed E-state index contributed by atoms with van der Waals surface area (Å²) in [6, 6.07) is 3.67. The first kappa shape index (κ1) is 11.7. The van der Waals surface area contributed by atoms with Gasteiger partial charge in [-0.25, -0.2) is 0 Å². The van der Waals surface area contributed by atoms with E-state index in [1.54, 1.807) is 0 Å². The van der Waals surface area contributed by atoms with E-state index < -0.39 is 17.7 Å². The summed E-state index contributed by atoms with van der Waals surface area (Å²) in [6.07, 6.45) is -5.61. The van der Waals surface area contributed by atoms with Crippen LogP contribution in [0.25, 0.3) is 0 Å². The van der Waals surface area contributed by atoms with Crippen LogP contribution in [0.5, 0.6) is 0 Å². The molecule has 0 bridgehead atoms. The second-order valence-electron chi connectivity index (χ2n) is 2.80. The molecule has 0 spiro atoms. The highest BCUT2D eigenvalue weighted by Crippen LogP contribution is 2.44. The van der Waals surface area contributed by atoms with E-state index in [0.717, 1.165) is 6.07 Å². The van der Waals surface area contributed by atoms with Crippen molar-refractivity contribution in [1.29, 1.82) is 0 Å². The zero-order valence-electron chi connectivity index (χ0n) is 7.28. The summed E-state index contributed by atoms with van der Waals surface area (Å²) in [5.74, 6) is 0.0198. The van der Waals surface area contributed by atoms with Gasteiger partial charge in [0, 0.05) is 11.3 Å². The number of nitrogens with one attached hydrogen (secondary N) is 1. The molecular formula is C8H7F5N2. The third kappa shape index (κ3) is 2.17. The van der Waals surface area contributed by atoms with Crippen LogP contribution in [0.4, 0.5) is 27.6 Å². The van der Waals surface area contributed by atoms with E-state index in [-0.39, 0.29) is 5.69 Å². The van der Waals surface area contributed by atoms with Crippen molar-refractivity contribution in [2.24, 2.45) is 5.84 Å². The van der Waals surface area contributed by atoms with Gasteiger partial charge in [-0.05, 0) is 12.1 Å². The molecule has 1 rings (SSSR count). The predicted molar refractivity (Wildman–Crippen MR) is 44.2 cm³/mol. The van der Waals surface area contributed by atoms with Gasteiger partial charge < -0.3 is 5.43 Å². The minimum Gasteiger partial charge on any atom is -0.324 e. The van der Waals surface area contributed by atoms with Crippen LogP contribution in [-0.2, 0) is 5.92 Å². The second-order valence-corrected chi connectivity index (χ2v) is 2.80. The zero-order chi connectivity index (χ0) is 11.7. The van der Waals surface area contributed by atoms with E-state index in [4.69, 9.17) is 5.84 Å². The molecule has 0 saturated carbocycles. The Hall–Kier alpha value is -1.37. The number of benzene rings is 1. The minimum atomic E-state index is -5.61. The molecule has 15 heavy (non-hydrogen) atoms. The fraction of sp³-hybridized carbons (Fsp3) is 0.250. The van der Waals surface area contributed by atoms with Gasteiger partial charge in [0.25, 0.3) is 0 Å². The Balaban J connectivity index is 3.15. The van der Waals surface area contributed by atoms with Gasteiger partial charge in [0.1, 0.15) is 0 Å². The van der Waals surface area contributed by atoms with Crippen LogP contribution in [0.1, 0.15) is 5.56 Å². The van der Waals surface area contributed by atoms with Crippen LogP contribution in [0.15, 0.2) is 24.3 Å². The molecule has 0 aromatic heterocycles. The molecule has 0 aliphatic rings. The first-order valence-electron chi connectivity index (χ1n) is 3.80. The third-order valence-electron chi connectivity index (χ3n) is 1.75. The molecule has 3 N–H and O–H groups in total. The number of hydrazine groups is 1. The quantitative estimate of drug-likeness (QED) is 0.462. The largest absolute Gasteiger partial charge is 0.458 e. The van der Waals surface area contributed by atoms with Crippen molar-refractivity contribution in [2.45, 2.75) is 12.1 Å². The Morgan fingerprint density at radius 3 is 2.13 bits per heavy atom. The van der Waals surface area contributed by atoms with E-state index >= 15 is 0 Å². The summed E-state index contributed by atoms with van der Waals surface area (Å²) in [5.41, 5.74) is 0.825. The monoisotopic (exact) mass is 226 g/mol. The molecule has 2 nitrogen and oxygen atoms in total. The SMILES string of the molecule is NNc1cccc(C(F)(F)C(F)(F)F)c1. The Kier molecular flexibility index (Phi) is 2.85. The van der Waals surface area contributed by atoms with E-state index in [1.807, 2.05) is 5.43 Å². The summed E-state index contributed by atoms with van der Waals surface area (Å²) in [7, 11) is 0. The van der Waals surface area contributed by atoms with Gasteiger partial charge in [-0.2, -0.15) is 22.0 Å². The van der Waals surface area contributed by atoms with Gasteiger partial charge in [0.15, 0.2) is 0 Å². The normalized spacial score (nSPS) is 12.7. The zero-order valence-corrected chi connectivity index (χ0v) is 7.28. The molecule has 0 atom stereocenters. The predicted octanol–water partition coefficient (Wildman–Crippen LogP) is 2.63. The van der Waals surface area contributed by atoms with Gasteiger partial charge in [-0.3, -0.25) is 5.84 Å². The van der Waals surface area contributed by atoms with E-state index in [0.29, 0.717) is 12.1 Å². The van der Waals surface area contributed by atoms with Crippen molar-refractivity contribution >= 4 is 5.69 Å². The molecule has 1 aromatic carbocycles. The molecule has 0 fully saturated rings. The number of hydrogen-bond acceptors (Lipinski definition) is 2. The van der Waals surface area contributed by atoms with E-state index in [9.17, 15) is 22.0 Å². The number of alkyl halides is 5. The Bertz CT molecular complexity index is 347. The molecule has 0 radical (unpaired) electrons. The maximum atomic E-state index is 12.8. The number of halogens is 5. The highest BCUT2D eigenvalue weighted by atomic mass is 19.4. The number of rotatable bonds is 2. The highest BCUT2D eigenvalue weighted by molar-refractivity contribution is 5.45. The van der Waals surface area contributed by atoms with Crippen molar-refractivity contribution in [3.63, 3.8) is 0 Å². The maximum absolute atomic E-state index is 12.8. The van der Waals surface area contributed by atoms with E-state index in [2.05, 4.69) is 0 Å². The second kappa shape index (κ2) is 3.65. The van der Waals surface area contributed by atoms with Crippen molar-refractivity contribution < 1.29 is 22.0 Å². The average molecular weight is 226 g/mol. The molecule has 0 heterocycles. The first-order chi connectivity index (χ1) is 6.79. The molecule has 0 amide bonds. The molecule has 7 heteroatoms. The summed E-state index contributed by atoms with van der Waals surface area (Å²) in [6.45, 7) is 0. The molecule has 0 unspecified atom stereocenters. The third-order valence-corrected chi connectivity index (χ3v) is 1.75.